The molecule has 9 nitrogen and oxygen atoms in total. The second kappa shape index (κ2) is 11.2. The summed E-state index contributed by atoms with van der Waals surface area (Å²) >= 11 is 6.12. The number of sulfonamides is 1. The molecule has 11 heteroatoms. The summed E-state index contributed by atoms with van der Waals surface area (Å²) in [7, 11) is -3.84. The van der Waals surface area contributed by atoms with Gasteiger partial charge in [-0.2, -0.15) is 0 Å². The highest BCUT2D eigenvalue weighted by Gasteiger charge is 2.31. The number of benzene rings is 2. The highest BCUT2D eigenvalue weighted by atomic mass is 35.5. The Bertz CT molecular complexity index is 1190. The fraction of sp³-hybridized carbons (Fsp3) is 0.417. The summed E-state index contributed by atoms with van der Waals surface area (Å²) in [5, 5.41) is 3.37. The van der Waals surface area contributed by atoms with Crippen molar-refractivity contribution in [3.05, 3.63) is 53.1 Å². The molecule has 0 aromatic heterocycles. The van der Waals surface area contributed by atoms with Crippen LogP contribution in [-0.2, 0) is 26.2 Å². The van der Waals surface area contributed by atoms with Gasteiger partial charge in [0.15, 0.2) is 11.5 Å². The zero-order chi connectivity index (χ0) is 25.8. The maximum absolute atomic E-state index is 13.5. The van der Waals surface area contributed by atoms with E-state index in [1.165, 1.54) is 11.0 Å². The quantitative estimate of drug-likeness (QED) is 0.513. The number of hydrogen-bond acceptors (Lipinski definition) is 6. The van der Waals surface area contributed by atoms with Gasteiger partial charge in [0, 0.05) is 23.7 Å². The van der Waals surface area contributed by atoms with Crippen LogP contribution in [0, 0.1) is 0 Å². The molecule has 190 valence electrons. The Labute approximate surface area is 211 Å². The van der Waals surface area contributed by atoms with Crippen LogP contribution < -0.4 is 19.1 Å². The smallest absolute Gasteiger partial charge is 0.244 e. The first-order valence-electron chi connectivity index (χ1n) is 11.2. The van der Waals surface area contributed by atoms with Crippen LogP contribution in [0.25, 0.3) is 0 Å². The van der Waals surface area contributed by atoms with E-state index in [1.54, 1.807) is 43.3 Å². The molecule has 0 saturated heterocycles. The molecular formula is C24H30ClN3O6S. The molecule has 0 spiro atoms. The van der Waals surface area contributed by atoms with Crippen LogP contribution in [0.1, 0.15) is 32.8 Å². The van der Waals surface area contributed by atoms with E-state index in [1.807, 2.05) is 13.8 Å². The van der Waals surface area contributed by atoms with Crippen molar-refractivity contribution < 1.29 is 27.5 Å². The number of carbonyl (C=O) groups excluding carboxylic acids is 2. The maximum Gasteiger partial charge on any atom is 0.244 e. The number of amides is 2. The molecule has 2 atom stereocenters. The van der Waals surface area contributed by atoms with Crippen molar-refractivity contribution in [2.75, 3.05) is 23.9 Å². The number of rotatable bonds is 10. The lowest BCUT2D eigenvalue weighted by molar-refractivity contribution is -0.139. The van der Waals surface area contributed by atoms with Gasteiger partial charge in [-0.3, -0.25) is 13.9 Å². The molecule has 3 rings (SSSR count). The van der Waals surface area contributed by atoms with E-state index in [0.29, 0.717) is 22.1 Å². The summed E-state index contributed by atoms with van der Waals surface area (Å²) in [5.74, 6) is 0.00992. The summed E-state index contributed by atoms with van der Waals surface area (Å²) in [5.41, 5.74) is 0.965. The molecule has 1 heterocycles. The Morgan fingerprint density at radius 3 is 2.49 bits per heavy atom. The second-order valence-corrected chi connectivity index (χ2v) is 10.8. The fourth-order valence-corrected chi connectivity index (χ4v) is 4.59. The Morgan fingerprint density at radius 1 is 1.11 bits per heavy atom. The van der Waals surface area contributed by atoms with Crippen LogP contribution in [0.5, 0.6) is 11.5 Å². The zero-order valence-electron chi connectivity index (χ0n) is 20.2. The molecule has 0 unspecified atom stereocenters. The van der Waals surface area contributed by atoms with Crippen molar-refractivity contribution in [1.29, 1.82) is 0 Å². The van der Waals surface area contributed by atoms with E-state index < -0.39 is 28.5 Å². The monoisotopic (exact) mass is 523 g/mol. The largest absolute Gasteiger partial charge is 0.454 e. The van der Waals surface area contributed by atoms with E-state index in [-0.39, 0.29) is 31.0 Å². The average Bonchev–Trinajstić information content (AvgIpc) is 3.27. The van der Waals surface area contributed by atoms with Crippen LogP contribution in [-0.4, -0.2) is 56.8 Å². The number of nitrogens with one attached hydrogen (secondary N) is 1. The topological polar surface area (TPSA) is 105 Å². The van der Waals surface area contributed by atoms with Gasteiger partial charge in [0.25, 0.3) is 0 Å². The van der Waals surface area contributed by atoms with Gasteiger partial charge in [0.2, 0.25) is 28.6 Å². The maximum atomic E-state index is 13.5. The van der Waals surface area contributed by atoms with Gasteiger partial charge in [-0.1, -0.05) is 30.7 Å². The van der Waals surface area contributed by atoms with Crippen molar-refractivity contribution in [3.63, 3.8) is 0 Å². The van der Waals surface area contributed by atoms with Crippen LogP contribution in [0.3, 0.4) is 0 Å². The average molecular weight is 524 g/mol. The Balaban J connectivity index is 1.91. The molecule has 2 amide bonds. The highest BCUT2D eigenvalue weighted by molar-refractivity contribution is 7.92. The summed E-state index contributed by atoms with van der Waals surface area (Å²) in [6.45, 7) is 5.05. The number of halogens is 1. The summed E-state index contributed by atoms with van der Waals surface area (Å²) < 4.78 is 37.0. The van der Waals surface area contributed by atoms with E-state index in [2.05, 4.69) is 5.32 Å². The van der Waals surface area contributed by atoms with E-state index >= 15 is 0 Å². The minimum Gasteiger partial charge on any atom is -0.454 e. The molecule has 1 N–H and O–H groups in total. The molecule has 2 aromatic rings. The first-order chi connectivity index (χ1) is 16.5. The molecule has 0 fully saturated rings. The lowest BCUT2D eigenvalue weighted by Crippen LogP contribution is -2.52. The number of anilines is 1. The molecule has 0 saturated carbocycles. The van der Waals surface area contributed by atoms with E-state index in [9.17, 15) is 18.0 Å². The molecule has 1 aliphatic rings. The van der Waals surface area contributed by atoms with Crippen molar-refractivity contribution in [2.45, 2.75) is 45.8 Å². The summed E-state index contributed by atoms with van der Waals surface area (Å²) in [6, 6.07) is 10.7. The van der Waals surface area contributed by atoms with Gasteiger partial charge in [0.05, 0.1) is 11.9 Å². The molecule has 0 bridgehead atoms. The summed E-state index contributed by atoms with van der Waals surface area (Å²) in [6.07, 6.45) is 1.75. The van der Waals surface area contributed by atoms with Crippen LogP contribution in [0.2, 0.25) is 5.02 Å². The Hall–Kier alpha value is -2.98. The second-order valence-electron chi connectivity index (χ2n) is 8.45. The molecule has 2 aromatic carbocycles. The van der Waals surface area contributed by atoms with Gasteiger partial charge < -0.3 is 19.7 Å². The normalized spacial score (nSPS) is 14.2. The third-order valence-electron chi connectivity index (χ3n) is 5.73. The lowest BCUT2D eigenvalue weighted by atomic mass is 10.1. The van der Waals surface area contributed by atoms with Gasteiger partial charge in [-0.15, -0.1) is 0 Å². The van der Waals surface area contributed by atoms with Crippen molar-refractivity contribution >= 4 is 39.1 Å². The van der Waals surface area contributed by atoms with Crippen LogP contribution in [0.15, 0.2) is 42.5 Å². The van der Waals surface area contributed by atoms with Gasteiger partial charge >= 0.3 is 0 Å². The van der Waals surface area contributed by atoms with Crippen molar-refractivity contribution in [2.24, 2.45) is 0 Å². The van der Waals surface area contributed by atoms with Crippen molar-refractivity contribution in [1.82, 2.24) is 10.2 Å². The first-order valence-corrected chi connectivity index (χ1v) is 13.4. The predicted molar refractivity (Wildman–Crippen MR) is 134 cm³/mol. The minimum absolute atomic E-state index is 0.0345. The number of nitrogens with zero attached hydrogens (tertiary/aromatic N) is 2. The molecule has 1 aliphatic heterocycles. The standard InChI is InChI=1S/C24H30ClN3O6S/c1-5-16(2)26-24(30)17(3)27(13-18-7-6-8-19(25)11-18)23(29)14-28(35(4,31)32)20-9-10-21-22(12-20)34-15-33-21/h6-12,16-17H,5,13-15H2,1-4H3,(H,26,30)/t16-,17+/m1/s1. The number of ether oxygens (including phenoxy) is 2. The molecular weight excluding hydrogens is 494 g/mol. The molecule has 0 radical (unpaired) electrons. The van der Waals surface area contributed by atoms with Gasteiger partial charge in [-0.05, 0) is 50.1 Å². The lowest BCUT2D eigenvalue weighted by Gasteiger charge is -2.32. The zero-order valence-corrected chi connectivity index (χ0v) is 21.7. The third kappa shape index (κ3) is 6.79. The fourth-order valence-electron chi connectivity index (χ4n) is 3.53. The minimum atomic E-state index is -3.84. The van der Waals surface area contributed by atoms with Crippen molar-refractivity contribution in [3.8, 4) is 11.5 Å². The third-order valence-corrected chi connectivity index (χ3v) is 7.11. The molecule has 0 aliphatic carbocycles. The SMILES string of the molecule is CC[C@@H](C)NC(=O)[C@H](C)N(Cc1cccc(Cl)c1)C(=O)CN(c1ccc2c(c1)OCO2)S(C)(=O)=O. The Kier molecular flexibility index (Phi) is 8.50. The van der Waals surface area contributed by atoms with E-state index in [0.717, 1.165) is 17.0 Å². The number of carbonyl (C=O) groups is 2. The summed E-state index contributed by atoms with van der Waals surface area (Å²) in [4.78, 5) is 27.8. The Morgan fingerprint density at radius 2 is 1.83 bits per heavy atom. The molecule has 35 heavy (non-hydrogen) atoms. The van der Waals surface area contributed by atoms with Crippen LogP contribution in [0.4, 0.5) is 5.69 Å². The van der Waals surface area contributed by atoms with E-state index in [4.69, 9.17) is 21.1 Å². The van der Waals surface area contributed by atoms with Gasteiger partial charge in [0.1, 0.15) is 12.6 Å². The number of fused-ring (bicyclic) bond motifs is 1. The highest BCUT2D eigenvalue weighted by Crippen LogP contribution is 2.36. The van der Waals surface area contributed by atoms with Crippen LogP contribution >= 0.6 is 11.6 Å². The predicted octanol–water partition coefficient (Wildman–Crippen LogP) is 3.17. The van der Waals surface area contributed by atoms with Gasteiger partial charge in [-0.25, -0.2) is 8.42 Å². The number of hydrogen-bond donors (Lipinski definition) is 1. The first kappa shape index (κ1) is 26.6.